The second-order valence-electron chi connectivity index (χ2n) is 10.4. The van der Waals surface area contributed by atoms with Gasteiger partial charge in [0.15, 0.2) is 18.1 Å². The Morgan fingerprint density at radius 2 is 1.58 bits per heavy atom. The van der Waals surface area contributed by atoms with E-state index in [4.69, 9.17) is 80.0 Å². The fourth-order valence-corrected chi connectivity index (χ4v) is 8.83. The summed E-state index contributed by atoms with van der Waals surface area (Å²) in [5, 5.41) is 10.7. The van der Waals surface area contributed by atoms with Crippen LogP contribution in [0, 0.1) is 0 Å². The maximum atomic E-state index is 11.2. The summed E-state index contributed by atoms with van der Waals surface area (Å²) in [6, 6.07) is 3.22. The number of aromatic nitrogens is 6. The van der Waals surface area contributed by atoms with Gasteiger partial charge in [0.2, 0.25) is 5.95 Å². The molecule has 2 bridgehead atoms. The van der Waals surface area contributed by atoms with Crippen molar-refractivity contribution in [3.05, 3.63) is 30.9 Å². The van der Waals surface area contributed by atoms with Crippen molar-refractivity contribution < 1.29 is 42.5 Å². The number of ether oxygens (including phenoxy) is 2. The predicted molar refractivity (Wildman–Crippen MR) is 166 cm³/mol. The molecule has 3 saturated heterocycles. The third-order valence-corrected chi connectivity index (χ3v) is 11.1. The Labute approximate surface area is 268 Å². The Balaban J connectivity index is 1.20. The maximum Gasteiger partial charge on any atom is 0.325 e. The molecule has 0 spiro atoms. The van der Waals surface area contributed by atoms with Gasteiger partial charge in [-0.3, -0.25) is 9.09 Å². The lowest BCUT2D eigenvalue weighted by Crippen LogP contribution is -2.35. The van der Waals surface area contributed by atoms with Crippen LogP contribution in [0.15, 0.2) is 30.9 Å². The van der Waals surface area contributed by atoms with Crippen molar-refractivity contribution in [1.29, 1.82) is 0 Å². The number of fused-ring (bicyclic) bond motifs is 5. The number of anilines is 3. The van der Waals surface area contributed by atoms with E-state index in [-0.39, 0.29) is 17.4 Å². The van der Waals surface area contributed by atoms with Gasteiger partial charge in [-0.25, -0.2) is 9.97 Å². The lowest BCUT2D eigenvalue weighted by atomic mass is 10.1. The molecule has 9 N–H and O–H groups in total. The third kappa shape index (κ3) is 5.72. The van der Waals surface area contributed by atoms with Gasteiger partial charge in [-0.05, 0) is 35.7 Å². The fourth-order valence-electron chi connectivity index (χ4n) is 5.49. The van der Waals surface area contributed by atoms with E-state index >= 15 is 0 Å². The molecule has 0 aromatic carbocycles. The quantitative estimate of drug-likeness (QED) is 0.123. The lowest BCUT2D eigenvalue weighted by molar-refractivity contribution is -0.0599. The number of alkyl halides is 1. The molecule has 7 heterocycles. The van der Waals surface area contributed by atoms with Crippen LogP contribution in [0.25, 0.3) is 22.2 Å². The molecule has 0 amide bonds. The molecule has 3 aliphatic rings. The van der Waals surface area contributed by atoms with Crippen LogP contribution in [0.1, 0.15) is 12.5 Å². The van der Waals surface area contributed by atoms with Crippen molar-refractivity contribution in [3.8, 4) is 0 Å². The van der Waals surface area contributed by atoms with E-state index in [1.807, 2.05) is 0 Å². The number of hydrogen-bond donors (Lipinski definition) is 6. The van der Waals surface area contributed by atoms with Crippen LogP contribution in [0.4, 0.5) is 17.5 Å². The molecule has 0 radical (unpaired) electrons. The molecular weight excluding hydrogens is 696 g/mol. The maximum absolute atomic E-state index is 11.2. The van der Waals surface area contributed by atoms with Crippen molar-refractivity contribution >= 4 is 88.3 Å². The number of halogens is 1. The molecule has 10 atom stereocenters. The van der Waals surface area contributed by atoms with E-state index in [1.165, 1.54) is 17.1 Å². The summed E-state index contributed by atoms with van der Waals surface area (Å²) in [5.41, 5.74) is 19.3. The van der Waals surface area contributed by atoms with Crippen molar-refractivity contribution in [2.24, 2.45) is 0 Å². The van der Waals surface area contributed by atoms with Gasteiger partial charge in [0.25, 0.3) is 0 Å². The van der Waals surface area contributed by atoms with E-state index in [9.17, 15) is 14.9 Å². The number of hydrogen-bond acceptors (Lipinski definition) is 16. The summed E-state index contributed by atoms with van der Waals surface area (Å²) in [6.07, 6.45) is -3.64. The second-order valence-corrected chi connectivity index (χ2v) is 16.5. The highest BCUT2D eigenvalue weighted by Gasteiger charge is 2.52. The molecular formula is C22H26ClN9O9P2S2. The highest BCUT2D eigenvalue weighted by molar-refractivity contribution is 8.07. The molecule has 4 aromatic rings. The summed E-state index contributed by atoms with van der Waals surface area (Å²) < 4.78 is 38.3. The zero-order chi connectivity index (χ0) is 31.8. The van der Waals surface area contributed by atoms with Gasteiger partial charge in [-0.1, -0.05) is 0 Å². The Bertz CT molecular complexity index is 1890. The van der Waals surface area contributed by atoms with Gasteiger partial charge < -0.3 is 59.7 Å². The molecule has 0 aliphatic carbocycles. The van der Waals surface area contributed by atoms with Crippen LogP contribution >= 0.6 is 25.0 Å². The van der Waals surface area contributed by atoms with Gasteiger partial charge in [0.05, 0.1) is 30.6 Å². The number of nitrogens with two attached hydrogens (primary N) is 3. The van der Waals surface area contributed by atoms with Crippen molar-refractivity contribution in [2.45, 2.75) is 48.4 Å². The highest BCUT2D eigenvalue weighted by Crippen LogP contribution is 2.54. The average Bonchev–Trinajstić information content (AvgIpc) is 3.72. The Kier molecular flexibility index (Phi) is 8.07. The molecule has 45 heavy (non-hydrogen) atoms. The summed E-state index contributed by atoms with van der Waals surface area (Å²) in [5.74, 6) is 0.0182. The van der Waals surface area contributed by atoms with Gasteiger partial charge in [0, 0.05) is 12.4 Å². The standard InChI is InChI=1S/C22H26ClN9O9P2S2/c23-12-15-11(39-20(12)32-7-28-13-9(24)1-3-27-19(13)32)6-37-43(35,45)41-16-14(33)10(5-36-42(34,44)40-15)38-21(16)31-4-2-8-17(25)29-22(26)30-18(8)31/h1-4,7,10-12,14-16,20-21,33H,5-6H2,(H2,24,27)(H,34,44)(H,35,45)(H4,25,26,29,30)/t10-,11-,12-,14-,15-,16-,20-,21-,42?,43?/m1/s1. The minimum atomic E-state index is -4.13. The van der Waals surface area contributed by atoms with Gasteiger partial charge in [-0.15, -0.1) is 11.6 Å². The summed E-state index contributed by atoms with van der Waals surface area (Å²) in [7, 11) is 0. The summed E-state index contributed by atoms with van der Waals surface area (Å²) >= 11 is 17.5. The van der Waals surface area contributed by atoms with Crippen molar-refractivity contribution in [1.82, 2.24) is 29.1 Å². The normalized spacial score (nSPS) is 37.7. The number of rotatable bonds is 2. The minimum absolute atomic E-state index is 0.100. The zero-order valence-electron chi connectivity index (χ0n) is 22.7. The summed E-state index contributed by atoms with van der Waals surface area (Å²) in [4.78, 5) is 39.1. The van der Waals surface area contributed by atoms with Crippen LogP contribution in [-0.2, 0) is 51.2 Å². The SMILES string of the molecule is Nc1nc(N)c2ccn([C@@H]3O[C@@H]4COP(O)(=S)O[C@H]5[C@@H](Cl)[C@H](n6cnc7c(N)ccnc76)O[C@@H]5COP(O)(=S)O[C@@H]3[C@@H]4O)c2n1. The Morgan fingerprint density at radius 3 is 2.33 bits per heavy atom. The van der Waals surface area contributed by atoms with E-state index in [1.54, 1.807) is 22.9 Å². The smallest absolute Gasteiger partial charge is 0.325 e. The van der Waals surface area contributed by atoms with E-state index < -0.39 is 75.0 Å². The first-order valence-corrected chi connectivity index (χ1v) is 18.8. The molecule has 7 rings (SSSR count). The van der Waals surface area contributed by atoms with Gasteiger partial charge in [-0.2, -0.15) is 9.97 Å². The van der Waals surface area contributed by atoms with Crippen molar-refractivity contribution in [3.63, 3.8) is 0 Å². The fraction of sp³-hybridized carbons (Fsp3) is 0.455. The number of nitrogen functional groups attached to an aromatic ring is 3. The number of pyridine rings is 1. The largest absolute Gasteiger partial charge is 0.397 e. The predicted octanol–water partition coefficient (Wildman–Crippen LogP) is 0.637. The lowest BCUT2D eigenvalue weighted by Gasteiger charge is -2.28. The van der Waals surface area contributed by atoms with E-state index in [0.717, 1.165) is 0 Å². The van der Waals surface area contributed by atoms with E-state index in [2.05, 4.69) is 19.9 Å². The molecule has 3 aliphatic heterocycles. The van der Waals surface area contributed by atoms with Crippen molar-refractivity contribution in [2.75, 3.05) is 30.4 Å². The average molecular weight is 722 g/mol. The van der Waals surface area contributed by atoms with Crippen LogP contribution in [0.3, 0.4) is 0 Å². The Hall–Kier alpha value is -2.13. The topological polar surface area (TPSA) is 256 Å². The van der Waals surface area contributed by atoms with Crippen LogP contribution in [-0.4, -0.2) is 93.1 Å². The molecule has 23 heteroatoms. The second kappa shape index (κ2) is 11.5. The molecule has 242 valence electrons. The molecule has 4 aromatic heterocycles. The number of imidazole rings is 1. The molecule has 0 saturated carbocycles. The Morgan fingerprint density at radius 1 is 0.889 bits per heavy atom. The zero-order valence-corrected chi connectivity index (χ0v) is 26.9. The van der Waals surface area contributed by atoms with Crippen LogP contribution < -0.4 is 17.2 Å². The van der Waals surface area contributed by atoms with E-state index in [0.29, 0.717) is 22.2 Å². The van der Waals surface area contributed by atoms with Crippen LogP contribution in [0.2, 0.25) is 0 Å². The number of aliphatic hydroxyl groups excluding tert-OH is 1. The third-order valence-electron chi connectivity index (χ3n) is 7.55. The molecule has 3 fully saturated rings. The number of nitrogens with zero attached hydrogens (tertiary/aromatic N) is 6. The van der Waals surface area contributed by atoms with Gasteiger partial charge in [0.1, 0.15) is 52.9 Å². The molecule has 2 unspecified atom stereocenters. The molecule has 18 nitrogen and oxygen atoms in total. The first-order chi connectivity index (χ1) is 21.3. The minimum Gasteiger partial charge on any atom is -0.397 e. The van der Waals surface area contributed by atoms with Gasteiger partial charge >= 0.3 is 13.4 Å². The highest BCUT2D eigenvalue weighted by atomic mass is 35.5. The first kappa shape index (κ1) is 31.5. The first-order valence-electron chi connectivity index (χ1n) is 13.2. The monoisotopic (exact) mass is 721 g/mol. The van der Waals surface area contributed by atoms with Crippen LogP contribution in [0.5, 0.6) is 0 Å². The number of aliphatic hydroxyl groups is 1. The summed E-state index contributed by atoms with van der Waals surface area (Å²) in [6.45, 7) is -9.05.